The Morgan fingerprint density at radius 1 is 1.27 bits per heavy atom. The van der Waals surface area contributed by atoms with E-state index in [1.54, 1.807) is 12.3 Å². The van der Waals surface area contributed by atoms with Crippen LogP contribution in [-0.2, 0) is 30.4 Å². The fraction of sp³-hybridized carbons (Fsp3) is 0.455. The Hall–Kier alpha value is -2.36. The zero-order valence-corrected chi connectivity index (χ0v) is 15.8. The molecule has 138 valence electrons. The van der Waals surface area contributed by atoms with Crippen molar-refractivity contribution < 1.29 is 9.53 Å². The van der Waals surface area contributed by atoms with E-state index in [0.29, 0.717) is 6.42 Å². The number of nitrogens with one attached hydrogen (secondary N) is 1. The molecule has 1 atom stereocenters. The summed E-state index contributed by atoms with van der Waals surface area (Å²) in [5, 5.41) is 3.07. The number of benzene rings is 1. The van der Waals surface area contributed by atoms with E-state index in [1.165, 1.54) is 35.1 Å². The van der Waals surface area contributed by atoms with Crippen molar-refractivity contribution >= 4 is 17.5 Å². The monoisotopic (exact) mass is 352 g/mol. The highest BCUT2D eigenvalue weighted by atomic mass is 16.6. The molecular weight excluding hydrogens is 324 g/mol. The molecule has 1 unspecified atom stereocenters. The number of nitrogens with zero attached hydrogens (tertiary/aromatic N) is 1. The fourth-order valence-electron chi connectivity index (χ4n) is 3.98. The number of anilines is 1. The van der Waals surface area contributed by atoms with Crippen LogP contribution in [0.25, 0.3) is 0 Å². The topological polar surface area (TPSA) is 50.7 Å². The zero-order chi connectivity index (χ0) is 18.5. The first-order valence-electron chi connectivity index (χ1n) is 9.56. The molecule has 0 bridgehead atoms. The van der Waals surface area contributed by atoms with Crippen molar-refractivity contribution in [3.05, 3.63) is 53.3 Å². The highest BCUT2D eigenvalue weighted by molar-refractivity contribution is 5.95. The van der Waals surface area contributed by atoms with Crippen LogP contribution >= 0.6 is 0 Å². The van der Waals surface area contributed by atoms with Gasteiger partial charge in [-0.3, -0.25) is 10.3 Å². The Morgan fingerprint density at radius 3 is 2.50 bits per heavy atom. The van der Waals surface area contributed by atoms with Gasteiger partial charge in [0, 0.05) is 18.3 Å². The van der Waals surface area contributed by atoms with E-state index >= 15 is 0 Å². The summed E-state index contributed by atoms with van der Waals surface area (Å²) < 4.78 is 5.58. The average molecular weight is 352 g/mol. The summed E-state index contributed by atoms with van der Waals surface area (Å²) in [6, 6.07) is 2.36. The zero-order valence-electron chi connectivity index (χ0n) is 15.8. The van der Waals surface area contributed by atoms with Crippen LogP contribution in [0, 0.1) is 0 Å². The lowest BCUT2D eigenvalue weighted by molar-refractivity contribution is 0.124. The molecule has 0 saturated heterocycles. The Bertz CT molecular complexity index is 730. The number of hydrogen-bond donors (Lipinski definition) is 1. The lowest BCUT2D eigenvalue weighted by Gasteiger charge is -2.18. The second-order valence-corrected chi connectivity index (χ2v) is 7.09. The number of allylic oxidation sites excluding steroid dienone is 2. The average Bonchev–Trinajstić information content (AvgIpc) is 3.27. The number of carbonyl (C=O) groups is 1. The summed E-state index contributed by atoms with van der Waals surface area (Å²) >= 11 is 0. The van der Waals surface area contributed by atoms with Gasteiger partial charge in [0.05, 0.1) is 5.69 Å². The molecule has 0 saturated carbocycles. The minimum absolute atomic E-state index is 0.262. The first-order chi connectivity index (χ1) is 12.6. The van der Waals surface area contributed by atoms with Crippen LogP contribution in [-0.4, -0.2) is 17.9 Å². The first kappa shape index (κ1) is 18.4. The van der Waals surface area contributed by atoms with Gasteiger partial charge in [0.25, 0.3) is 0 Å². The molecule has 4 heteroatoms. The van der Waals surface area contributed by atoms with E-state index < -0.39 is 0 Å². The number of rotatable bonds is 6. The van der Waals surface area contributed by atoms with Crippen molar-refractivity contribution in [2.24, 2.45) is 4.99 Å². The van der Waals surface area contributed by atoms with Gasteiger partial charge in [-0.1, -0.05) is 18.7 Å². The van der Waals surface area contributed by atoms with Gasteiger partial charge >= 0.3 is 6.09 Å². The molecule has 0 aliphatic heterocycles. The van der Waals surface area contributed by atoms with Crippen molar-refractivity contribution in [1.82, 2.24) is 0 Å². The van der Waals surface area contributed by atoms with Gasteiger partial charge in [0.15, 0.2) is 0 Å². The summed E-state index contributed by atoms with van der Waals surface area (Å²) in [4.78, 5) is 16.8. The molecule has 0 radical (unpaired) electrons. The van der Waals surface area contributed by atoms with Gasteiger partial charge in [0.2, 0.25) is 0 Å². The van der Waals surface area contributed by atoms with E-state index in [-0.39, 0.29) is 12.2 Å². The van der Waals surface area contributed by atoms with Crippen LogP contribution < -0.4 is 5.32 Å². The lowest BCUT2D eigenvalue weighted by Crippen LogP contribution is -2.23. The number of aliphatic imine (C=N–C) groups is 1. The lowest BCUT2D eigenvalue weighted by atomic mass is 9.99. The molecule has 0 fully saturated rings. The van der Waals surface area contributed by atoms with E-state index in [1.807, 2.05) is 19.9 Å². The first-order valence-corrected chi connectivity index (χ1v) is 9.56. The van der Waals surface area contributed by atoms with Crippen molar-refractivity contribution in [1.29, 1.82) is 0 Å². The van der Waals surface area contributed by atoms with Crippen molar-refractivity contribution in [2.75, 3.05) is 5.32 Å². The summed E-state index contributed by atoms with van der Waals surface area (Å²) in [6.45, 7) is 7.57. The molecule has 1 aromatic rings. The Labute approximate surface area is 156 Å². The van der Waals surface area contributed by atoms with Gasteiger partial charge in [0.1, 0.15) is 6.10 Å². The third-order valence-electron chi connectivity index (χ3n) is 5.13. The number of carbonyl (C=O) groups excluding carboxylic acids is 1. The van der Waals surface area contributed by atoms with Crippen LogP contribution in [0.5, 0.6) is 0 Å². The molecule has 3 rings (SSSR count). The van der Waals surface area contributed by atoms with E-state index in [2.05, 4.69) is 23.0 Å². The quantitative estimate of drug-likeness (QED) is 0.720. The normalized spacial score (nSPS) is 17.1. The maximum atomic E-state index is 12.5. The summed E-state index contributed by atoms with van der Waals surface area (Å²) in [7, 11) is 0. The number of aryl methyl sites for hydroxylation is 2. The molecule has 2 aliphatic rings. The highest BCUT2D eigenvalue weighted by Crippen LogP contribution is 2.38. The predicted molar refractivity (Wildman–Crippen MR) is 107 cm³/mol. The minimum Gasteiger partial charge on any atom is -0.446 e. The summed E-state index contributed by atoms with van der Waals surface area (Å²) in [5.74, 6) is 0. The molecule has 0 aromatic heterocycles. The molecular formula is C22H28N2O2. The second kappa shape index (κ2) is 8.35. The smallest absolute Gasteiger partial charge is 0.411 e. The maximum absolute atomic E-state index is 12.5. The molecule has 1 aromatic carbocycles. The van der Waals surface area contributed by atoms with Crippen LogP contribution in [0.2, 0.25) is 0 Å². The van der Waals surface area contributed by atoms with E-state index in [4.69, 9.17) is 4.74 Å². The summed E-state index contributed by atoms with van der Waals surface area (Å²) in [5.41, 5.74) is 7.28. The number of ether oxygens (including phenoxy) is 1. The standard InChI is InChI=1S/C22H28N2O2/c1-4-12-23-18(5-2)13-15(3)26-22(25)24-21-19-10-6-8-16(19)14-17-9-7-11-20(17)21/h4-5,12,14-15H,2,6-11,13H2,1,3H3,(H,24,25)/b12-4-,23-18?. The Morgan fingerprint density at radius 2 is 1.92 bits per heavy atom. The van der Waals surface area contributed by atoms with Gasteiger partial charge in [-0.2, -0.15) is 0 Å². The second-order valence-electron chi connectivity index (χ2n) is 7.09. The van der Waals surface area contributed by atoms with Crippen molar-refractivity contribution in [2.45, 2.75) is 64.9 Å². The largest absolute Gasteiger partial charge is 0.446 e. The van der Waals surface area contributed by atoms with E-state index in [9.17, 15) is 4.79 Å². The number of amides is 1. The number of fused-ring (bicyclic) bond motifs is 2. The summed E-state index contributed by atoms with van der Waals surface area (Å²) in [6.07, 6.45) is 11.9. The van der Waals surface area contributed by atoms with Crippen molar-refractivity contribution in [3.63, 3.8) is 0 Å². The third-order valence-corrected chi connectivity index (χ3v) is 5.13. The van der Waals surface area contributed by atoms with Gasteiger partial charge in [-0.05, 0) is 80.7 Å². The van der Waals surface area contributed by atoms with Gasteiger partial charge in [-0.15, -0.1) is 0 Å². The van der Waals surface area contributed by atoms with Crippen LogP contribution in [0.1, 0.15) is 55.4 Å². The predicted octanol–water partition coefficient (Wildman–Crippen LogP) is 5.15. The molecule has 26 heavy (non-hydrogen) atoms. The van der Waals surface area contributed by atoms with Crippen LogP contribution in [0.15, 0.2) is 36.0 Å². The van der Waals surface area contributed by atoms with Crippen molar-refractivity contribution in [3.8, 4) is 0 Å². The van der Waals surface area contributed by atoms with Crippen LogP contribution in [0.3, 0.4) is 0 Å². The fourth-order valence-corrected chi connectivity index (χ4v) is 3.98. The molecule has 2 aliphatic carbocycles. The van der Waals surface area contributed by atoms with E-state index in [0.717, 1.165) is 37.1 Å². The molecule has 4 nitrogen and oxygen atoms in total. The highest BCUT2D eigenvalue weighted by Gasteiger charge is 2.25. The molecule has 0 heterocycles. The SMILES string of the molecule is C=CC(CC(C)OC(=O)Nc1c2c(cc3c1CCC3)CCC2)=N/C=C\C. The third kappa shape index (κ3) is 4.06. The Kier molecular flexibility index (Phi) is 5.92. The van der Waals surface area contributed by atoms with Gasteiger partial charge in [-0.25, -0.2) is 4.79 Å². The minimum atomic E-state index is -0.374. The van der Waals surface area contributed by atoms with Crippen LogP contribution in [0.4, 0.5) is 10.5 Å². The molecule has 1 amide bonds. The molecule has 1 N–H and O–H groups in total. The Balaban J connectivity index is 1.68. The van der Waals surface area contributed by atoms with Gasteiger partial charge < -0.3 is 4.74 Å². The maximum Gasteiger partial charge on any atom is 0.411 e. The number of hydrogen-bond acceptors (Lipinski definition) is 3. The molecule has 0 spiro atoms.